The van der Waals surface area contributed by atoms with E-state index in [1.54, 1.807) is 19.2 Å². The summed E-state index contributed by atoms with van der Waals surface area (Å²) in [7, 11) is 10.5. The molecule has 1 atom stereocenters. The highest BCUT2D eigenvalue weighted by Crippen LogP contribution is 2.39. The van der Waals surface area contributed by atoms with Gasteiger partial charge in [-0.2, -0.15) is 0 Å². The third kappa shape index (κ3) is 3.94. The predicted molar refractivity (Wildman–Crippen MR) is 100 cm³/mol. The summed E-state index contributed by atoms with van der Waals surface area (Å²) in [6.07, 6.45) is 1.99. The lowest BCUT2D eigenvalue weighted by atomic mass is 10.1. The van der Waals surface area contributed by atoms with E-state index in [0.717, 1.165) is 5.69 Å². The van der Waals surface area contributed by atoms with E-state index >= 15 is 0 Å². The van der Waals surface area contributed by atoms with Crippen LogP contribution in [0.5, 0.6) is 17.2 Å². The number of benzene rings is 1. The number of aromatic nitrogens is 1. The monoisotopic (exact) mass is 361 g/mol. The zero-order valence-electron chi connectivity index (χ0n) is 16.2. The maximum atomic E-state index is 12.8. The molecular formula is C19H27N3O4. The standard InChI is InChI=1S/C19H27N3O4/c1-21(2)15(14-8-7-11-22(14)3)12-20-19(23)13-9-10-16(24-4)18(26-6)17(13)25-5/h7-11,15H,12H2,1-6H3,(H,20,23). The summed E-state index contributed by atoms with van der Waals surface area (Å²) in [6.45, 7) is 0.460. The van der Waals surface area contributed by atoms with Crippen LogP contribution in [0.25, 0.3) is 0 Å². The third-order valence-corrected chi connectivity index (χ3v) is 4.35. The molecule has 0 fully saturated rings. The van der Waals surface area contributed by atoms with Crippen molar-refractivity contribution in [3.63, 3.8) is 0 Å². The molecule has 1 N–H and O–H groups in total. The van der Waals surface area contributed by atoms with Gasteiger partial charge in [-0.3, -0.25) is 9.69 Å². The molecule has 0 radical (unpaired) electrons. The molecule has 0 saturated heterocycles. The molecule has 1 heterocycles. The van der Waals surface area contributed by atoms with E-state index in [0.29, 0.717) is 29.4 Å². The zero-order valence-corrected chi connectivity index (χ0v) is 16.2. The van der Waals surface area contributed by atoms with Crippen molar-refractivity contribution in [2.45, 2.75) is 6.04 Å². The van der Waals surface area contributed by atoms with Crippen molar-refractivity contribution in [2.24, 2.45) is 7.05 Å². The molecule has 0 saturated carbocycles. The van der Waals surface area contributed by atoms with Gasteiger partial charge in [-0.25, -0.2) is 0 Å². The molecule has 0 spiro atoms. The molecule has 7 heteroatoms. The van der Waals surface area contributed by atoms with E-state index in [1.807, 2.05) is 44.0 Å². The highest BCUT2D eigenvalue weighted by atomic mass is 16.5. The molecule has 1 unspecified atom stereocenters. The molecule has 0 aliphatic rings. The summed E-state index contributed by atoms with van der Waals surface area (Å²) >= 11 is 0. The fraction of sp³-hybridized carbons (Fsp3) is 0.421. The Morgan fingerprint density at radius 1 is 1.12 bits per heavy atom. The van der Waals surface area contributed by atoms with Crippen LogP contribution in [0.3, 0.4) is 0 Å². The van der Waals surface area contributed by atoms with Gasteiger partial charge in [0.15, 0.2) is 11.5 Å². The van der Waals surface area contributed by atoms with Gasteiger partial charge in [0.25, 0.3) is 5.91 Å². The van der Waals surface area contributed by atoms with Crippen LogP contribution in [0, 0.1) is 0 Å². The first-order chi connectivity index (χ1) is 12.4. The lowest BCUT2D eigenvalue weighted by Gasteiger charge is -2.25. The molecule has 2 rings (SSSR count). The maximum Gasteiger partial charge on any atom is 0.255 e. The van der Waals surface area contributed by atoms with Crippen molar-refractivity contribution in [3.05, 3.63) is 41.7 Å². The van der Waals surface area contributed by atoms with Gasteiger partial charge in [-0.15, -0.1) is 0 Å². The van der Waals surface area contributed by atoms with Crippen LogP contribution in [-0.2, 0) is 7.05 Å². The SMILES string of the molecule is COc1ccc(C(=O)NCC(c2cccn2C)N(C)C)c(OC)c1OC. The number of rotatable bonds is 8. The number of ether oxygens (including phenoxy) is 3. The highest BCUT2D eigenvalue weighted by molar-refractivity contribution is 5.98. The molecule has 0 aliphatic heterocycles. The zero-order chi connectivity index (χ0) is 19.3. The quantitative estimate of drug-likeness (QED) is 0.780. The topological polar surface area (TPSA) is 65.0 Å². The smallest absolute Gasteiger partial charge is 0.255 e. The minimum atomic E-state index is -0.233. The maximum absolute atomic E-state index is 12.8. The largest absolute Gasteiger partial charge is 0.493 e. The molecule has 1 aromatic heterocycles. The summed E-state index contributed by atoms with van der Waals surface area (Å²) < 4.78 is 18.1. The number of nitrogens with one attached hydrogen (secondary N) is 1. The fourth-order valence-corrected chi connectivity index (χ4v) is 2.94. The van der Waals surface area contributed by atoms with Crippen molar-refractivity contribution in [1.29, 1.82) is 0 Å². The Bertz CT molecular complexity index is 755. The van der Waals surface area contributed by atoms with Crippen LogP contribution in [-0.4, -0.2) is 57.3 Å². The van der Waals surface area contributed by atoms with Crippen LogP contribution >= 0.6 is 0 Å². The number of nitrogens with zero attached hydrogens (tertiary/aromatic N) is 2. The van der Waals surface area contributed by atoms with Gasteiger partial charge in [0.05, 0.1) is 32.9 Å². The molecule has 26 heavy (non-hydrogen) atoms. The van der Waals surface area contributed by atoms with E-state index < -0.39 is 0 Å². The van der Waals surface area contributed by atoms with Crippen molar-refractivity contribution in [2.75, 3.05) is 42.0 Å². The number of hydrogen-bond acceptors (Lipinski definition) is 5. The Hall–Kier alpha value is -2.67. The summed E-state index contributed by atoms with van der Waals surface area (Å²) in [5, 5.41) is 2.99. The summed E-state index contributed by atoms with van der Waals surface area (Å²) in [4.78, 5) is 14.8. The summed E-state index contributed by atoms with van der Waals surface area (Å²) in [5.41, 5.74) is 1.52. The van der Waals surface area contributed by atoms with Gasteiger partial charge in [0, 0.05) is 25.5 Å². The van der Waals surface area contributed by atoms with Crippen molar-refractivity contribution in [1.82, 2.24) is 14.8 Å². The number of likely N-dealkylation sites (N-methyl/N-ethyl adjacent to an activating group) is 1. The molecular weight excluding hydrogens is 334 g/mol. The Kier molecular flexibility index (Phi) is 6.52. The molecule has 0 bridgehead atoms. The van der Waals surface area contributed by atoms with E-state index in [1.165, 1.54) is 14.2 Å². The van der Waals surface area contributed by atoms with Crippen LogP contribution in [0.2, 0.25) is 0 Å². The second-order valence-electron chi connectivity index (χ2n) is 6.12. The molecule has 142 valence electrons. The van der Waals surface area contributed by atoms with E-state index in [4.69, 9.17) is 14.2 Å². The Balaban J connectivity index is 2.23. The van der Waals surface area contributed by atoms with Crippen molar-refractivity contribution >= 4 is 5.91 Å². The minimum Gasteiger partial charge on any atom is -0.493 e. The van der Waals surface area contributed by atoms with E-state index in [9.17, 15) is 4.79 Å². The van der Waals surface area contributed by atoms with Gasteiger partial charge in [0.2, 0.25) is 5.75 Å². The van der Waals surface area contributed by atoms with Crippen LogP contribution in [0.15, 0.2) is 30.5 Å². The number of carbonyl (C=O) groups is 1. The molecule has 0 aliphatic carbocycles. The van der Waals surface area contributed by atoms with Gasteiger partial charge >= 0.3 is 0 Å². The van der Waals surface area contributed by atoms with Crippen molar-refractivity contribution < 1.29 is 19.0 Å². The molecule has 2 aromatic rings. The lowest BCUT2D eigenvalue weighted by molar-refractivity contribution is 0.0937. The Morgan fingerprint density at radius 3 is 2.31 bits per heavy atom. The number of amides is 1. The van der Waals surface area contributed by atoms with Gasteiger partial charge < -0.3 is 24.1 Å². The second kappa shape index (κ2) is 8.62. The molecule has 1 amide bonds. The Labute approximate surface area is 154 Å². The second-order valence-corrected chi connectivity index (χ2v) is 6.12. The number of carbonyl (C=O) groups excluding carboxylic acids is 1. The minimum absolute atomic E-state index is 0.0464. The van der Waals surface area contributed by atoms with Gasteiger partial charge in [0.1, 0.15) is 0 Å². The highest BCUT2D eigenvalue weighted by Gasteiger charge is 2.23. The molecule has 1 aromatic carbocycles. The number of methoxy groups -OCH3 is 3. The number of aryl methyl sites for hydroxylation is 1. The van der Waals surface area contributed by atoms with Gasteiger partial charge in [-0.05, 0) is 38.4 Å². The predicted octanol–water partition coefficient (Wildman–Crippen LogP) is 2.08. The fourth-order valence-electron chi connectivity index (χ4n) is 2.94. The van der Waals surface area contributed by atoms with Crippen LogP contribution in [0.4, 0.5) is 0 Å². The first kappa shape index (κ1) is 19.7. The van der Waals surface area contributed by atoms with Crippen LogP contribution in [0.1, 0.15) is 22.1 Å². The van der Waals surface area contributed by atoms with Crippen LogP contribution < -0.4 is 19.5 Å². The summed E-state index contributed by atoms with van der Waals surface area (Å²) in [5.74, 6) is 1.03. The first-order valence-electron chi connectivity index (χ1n) is 8.29. The number of hydrogen-bond donors (Lipinski definition) is 1. The van der Waals surface area contributed by atoms with E-state index in [2.05, 4.69) is 10.2 Å². The third-order valence-electron chi connectivity index (χ3n) is 4.35. The normalized spacial score (nSPS) is 12.0. The lowest BCUT2D eigenvalue weighted by Crippen LogP contribution is -2.35. The summed E-state index contributed by atoms with van der Waals surface area (Å²) in [6, 6.07) is 7.45. The average molecular weight is 361 g/mol. The van der Waals surface area contributed by atoms with Crippen molar-refractivity contribution in [3.8, 4) is 17.2 Å². The average Bonchev–Trinajstić information content (AvgIpc) is 3.05. The van der Waals surface area contributed by atoms with E-state index in [-0.39, 0.29) is 11.9 Å². The van der Waals surface area contributed by atoms with Gasteiger partial charge in [-0.1, -0.05) is 0 Å². The molecule has 7 nitrogen and oxygen atoms in total. The first-order valence-corrected chi connectivity index (χ1v) is 8.29. The Morgan fingerprint density at radius 2 is 1.81 bits per heavy atom.